The van der Waals surface area contributed by atoms with Crippen LogP contribution in [-0.2, 0) is 6.61 Å². The molecule has 0 amide bonds. The normalized spacial score (nSPS) is 10.2. The minimum absolute atomic E-state index is 0.323. The fourth-order valence-corrected chi connectivity index (χ4v) is 1.61. The van der Waals surface area contributed by atoms with E-state index in [1.807, 2.05) is 50.2 Å². The molecular formula is C15H16O2. The SMILES string of the molecule is Cc1ccc(OCc2ccc(O)c(C)c2)cc1. The third-order valence-corrected chi connectivity index (χ3v) is 2.69. The Morgan fingerprint density at radius 2 is 1.71 bits per heavy atom. The van der Waals surface area contributed by atoms with Crippen LogP contribution in [0.15, 0.2) is 42.5 Å². The Kier molecular flexibility index (Phi) is 3.33. The number of benzene rings is 2. The van der Waals surface area contributed by atoms with Crippen molar-refractivity contribution in [2.75, 3.05) is 0 Å². The van der Waals surface area contributed by atoms with Gasteiger partial charge in [0.25, 0.3) is 0 Å². The lowest BCUT2D eigenvalue weighted by Crippen LogP contribution is -1.95. The van der Waals surface area contributed by atoms with E-state index >= 15 is 0 Å². The molecule has 0 unspecified atom stereocenters. The Bertz CT molecular complexity index is 501. The van der Waals surface area contributed by atoms with Gasteiger partial charge in [0, 0.05) is 0 Å². The standard InChI is InChI=1S/C15H16O2/c1-11-3-6-14(7-4-11)17-10-13-5-8-15(16)12(2)9-13/h3-9,16H,10H2,1-2H3. The summed E-state index contributed by atoms with van der Waals surface area (Å²) in [5.41, 5.74) is 3.15. The van der Waals surface area contributed by atoms with E-state index in [2.05, 4.69) is 0 Å². The van der Waals surface area contributed by atoms with Gasteiger partial charge >= 0.3 is 0 Å². The van der Waals surface area contributed by atoms with Gasteiger partial charge in [-0.1, -0.05) is 23.8 Å². The van der Waals surface area contributed by atoms with Crippen molar-refractivity contribution in [3.05, 3.63) is 59.2 Å². The number of phenols is 1. The summed E-state index contributed by atoms with van der Waals surface area (Å²) < 4.78 is 5.66. The highest BCUT2D eigenvalue weighted by Gasteiger charge is 1.99. The predicted molar refractivity (Wildman–Crippen MR) is 68.4 cm³/mol. The summed E-state index contributed by atoms with van der Waals surface area (Å²) in [6.07, 6.45) is 0. The Balaban J connectivity index is 2.02. The number of aromatic hydroxyl groups is 1. The van der Waals surface area contributed by atoms with E-state index in [4.69, 9.17) is 4.74 Å². The number of phenolic OH excluding ortho intramolecular Hbond substituents is 1. The molecule has 17 heavy (non-hydrogen) atoms. The summed E-state index contributed by atoms with van der Waals surface area (Å²) in [6.45, 7) is 4.45. The van der Waals surface area contributed by atoms with Crippen LogP contribution < -0.4 is 4.74 Å². The van der Waals surface area contributed by atoms with Crippen LogP contribution in [0.3, 0.4) is 0 Å². The monoisotopic (exact) mass is 228 g/mol. The van der Waals surface area contributed by atoms with Gasteiger partial charge in [-0.2, -0.15) is 0 Å². The summed E-state index contributed by atoms with van der Waals surface area (Å²) in [5, 5.41) is 9.42. The molecule has 0 aliphatic rings. The minimum atomic E-state index is 0.323. The van der Waals surface area contributed by atoms with Crippen molar-refractivity contribution < 1.29 is 9.84 Å². The molecule has 2 heteroatoms. The summed E-state index contributed by atoms with van der Waals surface area (Å²) in [5.74, 6) is 1.19. The summed E-state index contributed by atoms with van der Waals surface area (Å²) in [7, 11) is 0. The topological polar surface area (TPSA) is 29.5 Å². The van der Waals surface area contributed by atoms with Crippen LogP contribution in [0.4, 0.5) is 0 Å². The van der Waals surface area contributed by atoms with Crippen LogP contribution in [0.1, 0.15) is 16.7 Å². The van der Waals surface area contributed by atoms with Gasteiger partial charge in [-0.05, 0) is 49.2 Å². The van der Waals surface area contributed by atoms with Crippen molar-refractivity contribution in [2.45, 2.75) is 20.5 Å². The van der Waals surface area contributed by atoms with Crippen LogP contribution in [0.5, 0.6) is 11.5 Å². The molecule has 2 rings (SSSR count). The maximum atomic E-state index is 9.42. The van der Waals surface area contributed by atoms with E-state index in [0.717, 1.165) is 16.9 Å². The predicted octanol–water partition coefficient (Wildman–Crippen LogP) is 3.59. The highest BCUT2D eigenvalue weighted by atomic mass is 16.5. The molecule has 0 aromatic heterocycles. The average molecular weight is 228 g/mol. The van der Waals surface area contributed by atoms with Crippen LogP contribution in [-0.4, -0.2) is 5.11 Å². The van der Waals surface area contributed by atoms with Gasteiger partial charge in [0.2, 0.25) is 0 Å². The van der Waals surface area contributed by atoms with Gasteiger partial charge in [0.1, 0.15) is 18.1 Å². The highest BCUT2D eigenvalue weighted by Crippen LogP contribution is 2.19. The number of aryl methyl sites for hydroxylation is 2. The van der Waals surface area contributed by atoms with Crippen LogP contribution in [0.25, 0.3) is 0 Å². The highest BCUT2D eigenvalue weighted by molar-refractivity contribution is 5.35. The van der Waals surface area contributed by atoms with E-state index in [1.54, 1.807) is 6.07 Å². The maximum absolute atomic E-state index is 9.42. The lowest BCUT2D eigenvalue weighted by Gasteiger charge is -2.07. The van der Waals surface area contributed by atoms with Gasteiger partial charge in [-0.25, -0.2) is 0 Å². The molecule has 1 N–H and O–H groups in total. The van der Waals surface area contributed by atoms with Crippen LogP contribution in [0, 0.1) is 13.8 Å². The fourth-order valence-electron chi connectivity index (χ4n) is 1.61. The van der Waals surface area contributed by atoms with Crippen molar-refractivity contribution in [1.29, 1.82) is 0 Å². The van der Waals surface area contributed by atoms with Gasteiger partial charge in [-0.15, -0.1) is 0 Å². The molecule has 2 aromatic carbocycles. The molecule has 88 valence electrons. The molecule has 0 heterocycles. The van der Waals surface area contributed by atoms with Gasteiger partial charge in [0.05, 0.1) is 0 Å². The second-order valence-corrected chi connectivity index (χ2v) is 4.22. The minimum Gasteiger partial charge on any atom is -0.508 e. The molecule has 2 nitrogen and oxygen atoms in total. The maximum Gasteiger partial charge on any atom is 0.119 e. The van der Waals surface area contributed by atoms with Crippen molar-refractivity contribution in [1.82, 2.24) is 0 Å². The molecule has 0 fully saturated rings. The first kappa shape index (κ1) is 11.5. The van der Waals surface area contributed by atoms with E-state index in [9.17, 15) is 5.11 Å². The van der Waals surface area contributed by atoms with Crippen molar-refractivity contribution in [2.24, 2.45) is 0 Å². The first-order valence-corrected chi connectivity index (χ1v) is 5.63. The van der Waals surface area contributed by atoms with Crippen molar-refractivity contribution >= 4 is 0 Å². The number of hydrogen-bond acceptors (Lipinski definition) is 2. The molecule has 0 saturated heterocycles. The quantitative estimate of drug-likeness (QED) is 0.870. The number of rotatable bonds is 3. The zero-order chi connectivity index (χ0) is 12.3. The number of hydrogen-bond donors (Lipinski definition) is 1. The van der Waals surface area contributed by atoms with E-state index < -0.39 is 0 Å². The molecule has 0 aliphatic heterocycles. The summed E-state index contributed by atoms with van der Waals surface area (Å²) in [6, 6.07) is 13.5. The van der Waals surface area contributed by atoms with Gasteiger partial charge < -0.3 is 9.84 Å². The van der Waals surface area contributed by atoms with E-state index in [1.165, 1.54) is 5.56 Å². The third-order valence-electron chi connectivity index (χ3n) is 2.69. The molecule has 0 atom stereocenters. The van der Waals surface area contributed by atoms with Gasteiger partial charge in [0.15, 0.2) is 0 Å². The van der Waals surface area contributed by atoms with E-state index in [-0.39, 0.29) is 0 Å². The third kappa shape index (κ3) is 3.00. The summed E-state index contributed by atoms with van der Waals surface area (Å²) >= 11 is 0. The zero-order valence-corrected chi connectivity index (χ0v) is 10.1. The molecule has 0 aliphatic carbocycles. The Hall–Kier alpha value is -1.96. The van der Waals surface area contributed by atoms with Crippen molar-refractivity contribution in [3.63, 3.8) is 0 Å². The summed E-state index contributed by atoms with van der Waals surface area (Å²) in [4.78, 5) is 0. The molecule has 0 bridgehead atoms. The number of ether oxygens (including phenoxy) is 1. The van der Waals surface area contributed by atoms with E-state index in [0.29, 0.717) is 12.4 Å². The fraction of sp³-hybridized carbons (Fsp3) is 0.200. The van der Waals surface area contributed by atoms with Gasteiger partial charge in [-0.3, -0.25) is 0 Å². The Morgan fingerprint density at radius 3 is 2.35 bits per heavy atom. The lowest BCUT2D eigenvalue weighted by atomic mass is 10.1. The largest absolute Gasteiger partial charge is 0.508 e. The lowest BCUT2D eigenvalue weighted by molar-refractivity contribution is 0.306. The zero-order valence-electron chi connectivity index (χ0n) is 10.1. The molecule has 0 saturated carbocycles. The van der Waals surface area contributed by atoms with Crippen LogP contribution in [0.2, 0.25) is 0 Å². The van der Waals surface area contributed by atoms with Crippen LogP contribution >= 0.6 is 0 Å². The Labute approximate surface area is 101 Å². The Morgan fingerprint density at radius 1 is 1.00 bits per heavy atom. The molecular weight excluding hydrogens is 212 g/mol. The molecule has 0 spiro atoms. The molecule has 0 radical (unpaired) electrons. The second kappa shape index (κ2) is 4.91. The second-order valence-electron chi connectivity index (χ2n) is 4.22. The van der Waals surface area contributed by atoms with Crippen molar-refractivity contribution in [3.8, 4) is 11.5 Å². The molecule has 2 aromatic rings. The smallest absolute Gasteiger partial charge is 0.119 e. The first-order chi connectivity index (χ1) is 8.15. The average Bonchev–Trinajstić information content (AvgIpc) is 2.33. The first-order valence-electron chi connectivity index (χ1n) is 5.63.